The van der Waals surface area contributed by atoms with Crippen LogP contribution in [0.15, 0.2) is 11.0 Å². The van der Waals surface area contributed by atoms with Crippen molar-refractivity contribution in [2.45, 2.75) is 59.3 Å². The van der Waals surface area contributed by atoms with E-state index in [0.29, 0.717) is 19.1 Å². The Kier molecular flexibility index (Phi) is 23.8. The van der Waals surface area contributed by atoms with Crippen molar-refractivity contribution in [1.82, 2.24) is 9.55 Å². The molecule has 1 aliphatic rings. The standard InChI is InChI=1S/C12H15N3O5S.C3H8.C2H6.2CH4O/c13-3-10(17)19-6-8-1-2-9(20-8)15-4-7(5-16)11(18)14-12(15)21;1-3-2;3*1-2/h4-5,8-9H,1-3,6,13H2,(H,14,18,21);3H2,1-2H3;1-2H3;2*2H,1H3. The number of nitrogens with zero attached hydrogens (tertiary/aromatic N) is 1. The van der Waals surface area contributed by atoms with Crippen LogP contribution < -0.4 is 11.3 Å². The molecule has 0 aliphatic carbocycles. The molecule has 0 aromatic carbocycles. The Hall–Kier alpha value is -1.92. The van der Waals surface area contributed by atoms with Crippen LogP contribution in [-0.2, 0) is 14.3 Å². The Morgan fingerprint density at radius 3 is 2.33 bits per heavy atom. The summed E-state index contributed by atoms with van der Waals surface area (Å²) in [6, 6.07) is 0. The van der Waals surface area contributed by atoms with E-state index in [9.17, 15) is 14.4 Å². The van der Waals surface area contributed by atoms with E-state index < -0.39 is 17.8 Å². The molecule has 176 valence electrons. The number of rotatable bonds is 5. The molecule has 11 heteroatoms. The molecule has 5 N–H and O–H groups in total. The molecular formula is C19H37N3O7S. The molecule has 10 nitrogen and oxygen atoms in total. The zero-order valence-electron chi connectivity index (χ0n) is 18.7. The largest absolute Gasteiger partial charge is 0.462 e. The second kappa shape index (κ2) is 21.8. The van der Waals surface area contributed by atoms with Gasteiger partial charge >= 0.3 is 5.97 Å². The molecule has 0 saturated carbocycles. The van der Waals surface area contributed by atoms with E-state index in [4.69, 9.17) is 37.6 Å². The van der Waals surface area contributed by atoms with Crippen molar-refractivity contribution in [1.29, 1.82) is 0 Å². The number of aromatic amines is 1. The average Bonchev–Trinajstić information content (AvgIpc) is 3.25. The molecule has 2 unspecified atom stereocenters. The molecule has 1 fully saturated rings. The summed E-state index contributed by atoms with van der Waals surface area (Å²) in [6.07, 6.45) is 3.70. The SMILES string of the molecule is CC.CCC.CO.CO.NCC(=O)OCC1CCC(n2cc(C=O)c(=O)[nH]c2=S)O1. The lowest BCUT2D eigenvalue weighted by atomic mass is 10.2. The normalized spacial score (nSPS) is 16.0. The fourth-order valence-electron chi connectivity index (χ4n) is 2.06. The van der Waals surface area contributed by atoms with Crippen LogP contribution in [0.5, 0.6) is 0 Å². The maximum atomic E-state index is 11.4. The lowest BCUT2D eigenvalue weighted by Crippen LogP contribution is -2.24. The van der Waals surface area contributed by atoms with Gasteiger partial charge in [0, 0.05) is 20.4 Å². The van der Waals surface area contributed by atoms with E-state index in [-0.39, 0.29) is 29.6 Å². The first-order valence-corrected chi connectivity index (χ1v) is 10.1. The Balaban J connectivity index is -0.000000709. The highest BCUT2D eigenvalue weighted by molar-refractivity contribution is 7.71. The number of nitrogens with two attached hydrogens (primary N) is 1. The van der Waals surface area contributed by atoms with E-state index in [0.717, 1.165) is 14.2 Å². The topological polar surface area (TPSA) is 157 Å². The third-order valence-electron chi connectivity index (χ3n) is 3.11. The highest BCUT2D eigenvalue weighted by atomic mass is 32.1. The molecule has 1 aromatic heterocycles. The van der Waals surface area contributed by atoms with Crippen molar-refractivity contribution in [2.24, 2.45) is 5.73 Å². The predicted molar refractivity (Wildman–Crippen MR) is 118 cm³/mol. The average molecular weight is 452 g/mol. The Morgan fingerprint density at radius 2 is 1.87 bits per heavy atom. The molecule has 0 spiro atoms. The van der Waals surface area contributed by atoms with E-state index in [1.165, 1.54) is 17.2 Å². The molecule has 1 saturated heterocycles. The first-order valence-electron chi connectivity index (χ1n) is 9.67. The number of carbonyl (C=O) groups excluding carboxylic acids is 2. The molecule has 0 bridgehead atoms. The van der Waals surface area contributed by atoms with Gasteiger partial charge in [0.05, 0.1) is 18.2 Å². The number of ether oxygens (including phenoxy) is 2. The number of aliphatic hydroxyl groups is 2. The van der Waals surface area contributed by atoms with Crippen molar-refractivity contribution in [3.63, 3.8) is 0 Å². The molecule has 2 atom stereocenters. The maximum absolute atomic E-state index is 11.4. The van der Waals surface area contributed by atoms with Gasteiger partial charge in [-0.05, 0) is 25.1 Å². The minimum Gasteiger partial charge on any atom is -0.462 e. The number of nitrogens with one attached hydrogen (secondary N) is 1. The van der Waals surface area contributed by atoms with Gasteiger partial charge in [-0.25, -0.2) is 0 Å². The van der Waals surface area contributed by atoms with Gasteiger partial charge in [-0.15, -0.1) is 0 Å². The number of aliphatic hydroxyl groups excluding tert-OH is 2. The van der Waals surface area contributed by atoms with E-state index >= 15 is 0 Å². The summed E-state index contributed by atoms with van der Waals surface area (Å²) < 4.78 is 12.3. The summed E-state index contributed by atoms with van der Waals surface area (Å²) in [5, 5.41) is 14.0. The smallest absolute Gasteiger partial charge is 0.319 e. The molecular weight excluding hydrogens is 414 g/mol. The summed E-state index contributed by atoms with van der Waals surface area (Å²) in [5.41, 5.74) is 4.59. The zero-order valence-corrected chi connectivity index (χ0v) is 19.5. The lowest BCUT2D eigenvalue weighted by molar-refractivity contribution is -0.146. The van der Waals surface area contributed by atoms with Crippen molar-refractivity contribution in [3.05, 3.63) is 26.9 Å². The number of aldehydes is 1. The Bertz CT molecular complexity index is 677. The van der Waals surface area contributed by atoms with Crippen LogP contribution in [0.3, 0.4) is 0 Å². The van der Waals surface area contributed by atoms with Gasteiger partial charge in [0.1, 0.15) is 12.8 Å². The van der Waals surface area contributed by atoms with Gasteiger partial charge in [-0.3, -0.25) is 23.9 Å². The lowest BCUT2D eigenvalue weighted by Gasteiger charge is -2.17. The van der Waals surface area contributed by atoms with Gasteiger partial charge in [0.2, 0.25) is 0 Å². The van der Waals surface area contributed by atoms with Crippen LogP contribution in [0, 0.1) is 4.77 Å². The molecule has 1 aliphatic heterocycles. The molecule has 2 rings (SSSR count). The Labute approximate surface area is 183 Å². The molecule has 0 radical (unpaired) electrons. The molecule has 2 heterocycles. The second-order valence-electron chi connectivity index (χ2n) is 5.25. The van der Waals surface area contributed by atoms with Gasteiger partial charge in [0.15, 0.2) is 11.1 Å². The number of hydrogen-bond donors (Lipinski definition) is 4. The summed E-state index contributed by atoms with van der Waals surface area (Å²) in [7, 11) is 2.00. The van der Waals surface area contributed by atoms with Crippen LogP contribution in [0.1, 0.15) is 63.5 Å². The van der Waals surface area contributed by atoms with Gasteiger partial charge in [-0.2, -0.15) is 0 Å². The van der Waals surface area contributed by atoms with Gasteiger partial charge < -0.3 is 25.4 Å². The molecule has 30 heavy (non-hydrogen) atoms. The van der Waals surface area contributed by atoms with Crippen molar-refractivity contribution in [3.8, 4) is 0 Å². The highest BCUT2D eigenvalue weighted by Crippen LogP contribution is 2.28. The molecule has 1 aromatic rings. The van der Waals surface area contributed by atoms with E-state index in [2.05, 4.69) is 18.8 Å². The van der Waals surface area contributed by atoms with E-state index in [1.807, 2.05) is 13.8 Å². The summed E-state index contributed by atoms with van der Waals surface area (Å²) >= 11 is 5.06. The van der Waals surface area contributed by atoms with Gasteiger partial charge in [-0.1, -0.05) is 34.1 Å². The fourth-order valence-corrected chi connectivity index (χ4v) is 2.32. The fraction of sp³-hybridized carbons (Fsp3) is 0.684. The van der Waals surface area contributed by atoms with Crippen molar-refractivity contribution in [2.75, 3.05) is 27.4 Å². The quantitative estimate of drug-likeness (QED) is 0.296. The zero-order chi connectivity index (χ0) is 24.1. The monoisotopic (exact) mass is 451 g/mol. The first kappa shape index (κ1) is 32.7. The van der Waals surface area contributed by atoms with E-state index in [1.54, 1.807) is 0 Å². The summed E-state index contributed by atoms with van der Waals surface area (Å²) in [6.45, 7) is 8.19. The number of H-pyrrole nitrogens is 1. The summed E-state index contributed by atoms with van der Waals surface area (Å²) in [4.78, 5) is 35.6. The first-order chi connectivity index (χ1) is 14.5. The van der Waals surface area contributed by atoms with Crippen molar-refractivity contribution < 1.29 is 29.3 Å². The van der Waals surface area contributed by atoms with Crippen LogP contribution in [-0.4, -0.2) is 65.5 Å². The number of hydrogen-bond acceptors (Lipinski definition) is 9. The van der Waals surface area contributed by atoms with Crippen LogP contribution in [0.4, 0.5) is 0 Å². The third-order valence-corrected chi connectivity index (χ3v) is 3.43. The van der Waals surface area contributed by atoms with Crippen LogP contribution in [0.2, 0.25) is 0 Å². The highest BCUT2D eigenvalue weighted by Gasteiger charge is 2.28. The van der Waals surface area contributed by atoms with Crippen molar-refractivity contribution >= 4 is 24.5 Å². The number of carbonyl (C=O) groups is 2. The predicted octanol–water partition coefficient (Wildman–Crippen LogP) is 1.56. The number of aromatic nitrogens is 2. The third kappa shape index (κ3) is 12.6. The summed E-state index contributed by atoms with van der Waals surface area (Å²) in [5.74, 6) is -0.494. The van der Waals surface area contributed by atoms with Crippen LogP contribution >= 0.6 is 12.2 Å². The minimum atomic E-state index is -0.530. The second-order valence-corrected chi connectivity index (χ2v) is 5.64. The number of esters is 1. The molecule has 0 amide bonds. The van der Waals surface area contributed by atoms with Gasteiger partial charge in [0.25, 0.3) is 5.56 Å². The maximum Gasteiger partial charge on any atom is 0.319 e. The Morgan fingerprint density at radius 1 is 1.33 bits per heavy atom. The van der Waals surface area contributed by atoms with Crippen LogP contribution in [0.25, 0.3) is 0 Å². The minimum absolute atomic E-state index is 0.0230.